The molecule has 7 heteroatoms. The molecule has 0 aliphatic carbocycles. The number of carbonyl (C=O) groups excluding carboxylic acids is 1. The van der Waals surface area contributed by atoms with Gasteiger partial charge in [-0.1, -0.05) is 41.9 Å². The van der Waals surface area contributed by atoms with E-state index in [4.69, 9.17) is 28.2 Å². The average Bonchev–Trinajstić information content (AvgIpc) is 2.75. The van der Waals surface area contributed by atoms with E-state index in [-0.39, 0.29) is 11.0 Å². The molecule has 0 bridgehead atoms. The summed E-state index contributed by atoms with van der Waals surface area (Å²) >= 11 is 11.4. The predicted octanol–water partition coefficient (Wildman–Crippen LogP) is 5.86. The van der Waals surface area contributed by atoms with Gasteiger partial charge in [0.05, 0.1) is 5.56 Å². The van der Waals surface area contributed by atoms with Crippen LogP contribution in [0.5, 0.6) is 0 Å². The minimum absolute atomic E-state index is 0.157. The Morgan fingerprint density at radius 1 is 0.938 bits per heavy atom. The second-order valence-electron chi connectivity index (χ2n) is 7.39. The molecule has 5 nitrogen and oxygen atoms in total. The Morgan fingerprint density at radius 3 is 2.47 bits per heavy atom. The summed E-state index contributed by atoms with van der Waals surface area (Å²) in [5.74, 6) is -0.355. The molecular formula is C25H19ClN2O3S. The van der Waals surface area contributed by atoms with Crippen LogP contribution in [0.4, 0.5) is 5.69 Å². The van der Waals surface area contributed by atoms with Crippen molar-refractivity contribution in [2.75, 3.05) is 5.32 Å². The van der Waals surface area contributed by atoms with E-state index in [2.05, 4.69) is 10.6 Å². The number of nitrogens with one attached hydrogen (secondary N) is 2. The molecule has 0 radical (unpaired) electrons. The Hall–Kier alpha value is -3.48. The van der Waals surface area contributed by atoms with Crippen molar-refractivity contribution in [2.24, 2.45) is 0 Å². The second-order valence-corrected chi connectivity index (χ2v) is 8.20. The molecule has 4 rings (SSSR count). The third-order valence-corrected chi connectivity index (χ3v) is 5.69. The third-order valence-electron chi connectivity index (χ3n) is 5.08. The summed E-state index contributed by atoms with van der Waals surface area (Å²) in [7, 11) is 0. The van der Waals surface area contributed by atoms with E-state index in [9.17, 15) is 9.59 Å². The summed E-state index contributed by atoms with van der Waals surface area (Å²) in [4.78, 5) is 24.9. The largest absolute Gasteiger partial charge is 0.422 e. The molecule has 1 amide bonds. The number of fused-ring (bicyclic) bond motifs is 1. The Labute approximate surface area is 195 Å². The lowest BCUT2D eigenvalue weighted by atomic mass is 10.0. The fraction of sp³-hybridized carbons (Fsp3) is 0.0800. The molecule has 0 unspecified atom stereocenters. The van der Waals surface area contributed by atoms with Gasteiger partial charge >= 0.3 is 5.63 Å². The number of amides is 1. The fourth-order valence-corrected chi connectivity index (χ4v) is 3.76. The van der Waals surface area contributed by atoms with Crippen molar-refractivity contribution < 1.29 is 9.21 Å². The number of thiocarbonyl (C=S) groups is 1. The molecule has 1 aromatic heterocycles. The zero-order chi connectivity index (χ0) is 22.8. The van der Waals surface area contributed by atoms with Crippen LogP contribution < -0.4 is 16.3 Å². The van der Waals surface area contributed by atoms with Crippen LogP contribution in [-0.2, 0) is 0 Å². The van der Waals surface area contributed by atoms with Crippen LogP contribution >= 0.6 is 23.8 Å². The topological polar surface area (TPSA) is 71.3 Å². The van der Waals surface area contributed by atoms with Crippen molar-refractivity contribution in [3.63, 3.8) is 0 Å². The first-order chi connectivity index (χ1) is 15.3. The number of aryl methyl sites for hydroxylation is 2. The molecule has 4 aromatic rings. The van der Waals surface area contributed by atoms with Crippen molar-refractivity contribution in [1.29, 1.82) is 0 Å². The van der Waals surface area contributed by atoms with Crippen LogP contribution in [0.1, 0.15) is 21.5 Å². The van der Waals surface area contributed by atoms with Crippen molar-refractivity contribution >= 4 is 51.5 Å². The van der Waals surface area contributed by atoms with Gasteiger partial charge in [0.1, 0.15) is 5.58 Å². The lowest BCUT2D eigenvalue weighted by molar-refractivity contribution is 0.0977. The minimum Gasteiger partial charge on any atom is -0.422 e. The van der Waals surface area contributed by atoms with Gasteiger partial charge in [0.25, 0.3) is 5.91 Å². The number of halogens is 1. The second kappa shape index (κ2) is 8.94. The highest BCUT2D eigenvalue weighted by Crippen LogP contribution is 2.26. The van der Waals surface area contributed by atoms with E-state index in [1.165, 1.54) is 0 Å². The van der Waals surface area contributed by atoms with Gasteiger partial charge < -0.3 is 9.73 Å². The first-order valence-corrected chi connectivity index (χ1v) is 10.6. The Kier molecular flexibility index (Phi) is 6.08. The van der Waals surface area contributed by atoms with Crippen LogP contribution in [0, 0.1) is 13.8 Å². The molecule has 0 spiro atoms. The van der Waals surface area contributed by atoms with Gasteiger partial charge in [0.2, 0.25) is 0 Å². The van der Waals surface area contributed by atoms with E-state index >= 15 is 0 Å². The number of anilines is 1. The lowest BCUT2D eigenvalue weighted by Gasteiger charge is -2.12. The maximum absolute atomic E-state index is 12.5. The van der Waals surface area contributed by atoms with E-state index in [1.807, 2.05) is 50.2 Å². The van der Waals surface area contributed by atoms with Gasteiger partial charge in [-0.2, -0.15) is 0 Å². The maximum atomic E-state index is 12.5. The van der Waals surface area contributed by atoms with Crippen LogP contribution in [0.25, 0.3) is 22.1 Å². The first-order valence-electron chi connectivity index (χ1n) is 9.84. The summed E-state index contributed by atoms with van der Waals surface area (Å²) in [6.45, 7) is 3.76. The number of hydrogen-bond donors (Lipinski definition) is 2. The normalized spacial score (nSPS) is 10.7. The number of rotatable bonds is 3. The number of benzene rings is 3. The molecule has 0 fully saturated rings. The first kappa shape index (κ1) is 21.7. The standard InChI is InChI=1S/C25H19ClN2O3S/c1-14-7-8-17(13-21(14)26)23(29)28-25(32)27-18-9-10-19(15(2)11-18)20-12-16-5-3-4-6-22(16)31-24(20)30/h3-13H,1-2H3,(H2,27,28,29,32). The van der Waals surface area contributed by atoms with Gasteiger partial charge in [-0.05, 0) is 79.2 Å². The van der Waals surface area contributed by atoms with Crippen LogP contribution in [0.3, 0.4) is 0 Å². The molecular weight excluding hydrogens is 444 g/mol. The van der Waals surface area contributed by atoms with Crippen LogP contribution in [0.15, 0.2) is 75.9 Å². The molecule has 32 heavy (non-hydrogen) atoms. The lowest BCUT2D eigenvalue weighted by Crippen LogP contribution is -2.34. The fourth-order valence-electron chi connectivity index (χ4n) is 3.37. The predicted molar refractivity (Wildman–Crippen MR) is 133 cm³/mol. The molecule has 2 N–H and O–H groups in total. The summed E-state index contributed by atoms with van der Waals surface area (Å²) in [6.07, 6.45) is 0. The minimum atomic E-state index is -0.396. The monoisotopic (exact) mass is 462 g/mol. The van der Waals surface area contributed by atoms with Crippen molar-refractivity contribution in [3.05, 3.63) is 98.9 Å². The highest BCUT2D eigenvalue weighted by atomic mass is 35.5. The molecule has 1 heterocycles. The SMILES string of the molecule is Cc1ccc(C(=O)NC(=S)Nc2ccc(-c3cc4ccccc4oc3=O)c(C)c2)cc1Cl. The highest BCUT2D eigenvalue weighted by molar-refractivity contribution is 7.80. The van der Waals surface area contributed by atoms with E-state index in [0.29, 0.717) is 27.4 Å². The van der Waals surface area contributed by atoms with Crippen LogP contribution in [0.2, 0.25) is 5.02 Å². The molecule has 0 saturated carbocycles. The van der Waals surface area contributed by atoms with Crippen molar-refractivity contribution in [3.8, 4) is 11.1 Å². The quantitative estimate of drug-likeness (QED) is 0.295. The summed E-state index contributed by atoms with van der Waals surface area (Å²) in [5, 5.41) is 7.16. The van der Waals surface area contributed by atoms with Crippen LogP contribution in [-0.4, -0.2) is 11.0 Å². The summed E-state index contributed by atoms with van der Waals surface area (Å²) in [6, 6.07) is 19.7. The average molecular weight is 463 g/mol. The van der Waals surface area contributed by atoms with E-state index in [1.54, 1.807) is 30.3 Å². The van der Waals surface area contributed by atoms with Gasteiger partial charge in [-0.15, -0.1) is 0 Å². The zero-order valence-electron chi connectivity index (χ0n) is 17.4. The zero-order valence-corrected chi connectivity index (χ0v) is 18.9. The van der Waals surface area contributed by atoms with Gasteiger partial charge in [-0.3, -0.25) is 10.1 Å². The smallest absolute Gasteiger partial charge is 0.344 e. The van der Waals surface area contributed by atoms with Gasteiger partial charge in [-0.25, -0.2) is 4.79 Å². The molecule has 160 valence electrons. The number of carbonyl (C=O) groups is 1. The van der Waals surface area contributed by atoms with Gasteiger partial charge in [0.15, 0.2) is 5.11 Å². The summed E-state index contributed by atoms with van der Waals surface area (Å²) in [5.41, 5.74) is 4.25. The molecule has 0 atom stereocenters. The van der Waals surface area contributed by atoms with Crippen molar-refractivity contribution in [1.82, 2.24) is 5.32 Å². The molecule has 0 aliphatic heterocycles. The number of para-hydroxylation sites is 1. The van der Waals surface area contributed by atoms with E-state index in [0.717, 1.165) is 22.1 Å². The van der Waals surface area contributed by atoms with E-state index < -0.39 is 5.63 Å². The third kappa shape index (κ3) is 4.56. The Morgan fingerprint density at radius 2 is 1.72 bits per heavy atom. The van der Waals surface area contributed by atoms with Crippen molar-refractivity contribution in [2.45, 2.75) is 13.8 Å². The maximum Gasteiger partial charge on any atom is 0.344 e. The highest BCUT2D eigenvalue weighted by Gasteiger charge is 2.12. The number of hydrogen-bond acceptors (Lipinski definition) is 4. The molecule has 3 aromatic carbocycles. The summed E-state index contributed by atoms with van der Waals surface area (Å²) < 4.78 is 5.45. The molecule has 0 aliphatic rings. The molecule has 0 saturated heterocycles. The van der Waals surface area contributed by atoms with Gasteiger partial charge in [0, 0.05) is 21.7 Å². The Bertz CT molecular complexity index is 1430. The Balaban J connectivity index is 1.51.